The summed E-state index contributed by atoms with van der Waals surface area (Å²) in [6, 6.07) is 15.6. The average molecular weight is 536 g/mol. The number of hydrogen-bond acceptors (Lipinski definition) is 5. The lowest BCUT2D eigenvalue weighted by atomic mass is 10.1. The smallest absolute Gasteiger partial charge is 0.261 e. The standard InChI is InChI=1S/C24H26ClN3O5S2/c1-16-6-8-21(13-18(16)3)27-35(32,33)22-11-9-20(10-12-22)26-24(29)15-28(34(4,30)31)23-14-19(25)7-5-17(23)2/h5-14,27H,15H2,1-4H3,(H,26,29). The third-order valence-electron chi connectivity index (χ3n) is 5.33. The number of halogens is 1. The number of benzene rings is 3. The van der Waals surface area contributed by atoms with Crippen LogP contribution in [0.5, 0.6) is 0 Å². The maximum Gasteiger partial charge on any atom is 0.261 e. The second-order valence-corrected chi connectivity index (χ2v) is 12.2. The summed E-state index contributed by atoms with van der Waals surface area (Å²) in [5.74, 6) is -0.598. The molecule has 186 valence electrons. The third kappa shape index (κ3) is 6.74. The van der Waals surface area contributed by atoms with Gasteiger partial charge in [0.2, 0.25) is 15.9 Å². The molecule has 0 aromatic heterocycles. The molecule has 3 aromatic carbocycles. The summed E-state index contributed by atoms with van der Waals surface area (Å²) in [4.78, 5) is 12.7. The molecule has 3 rings (SSSR count). The molecule has 0 saturated carbocycles. The van der Waals surface area contributed by atoms with Crippen LogP contribution in [0, 0.1) is 20.8 Å². The number of rotatable bonds is 8. The van der Waals surface area contributed by atoms with E-state index in [1.54, 1.807) is 31.2 Å². The van der Waals surface area contributed by atoms with Crippen molar-refractivity contribution in [1.29, 1.82) is 0 Å². The Labute approximate surface area is 211 Å². The third-order valence-corrected chi connectivity index (χ3v) is 8.09. The molecule has 1 amide bonds. The van der Waals surface area contributed by atoms with Gasteiger partial charge in [-0.05, 0) is 86.0 Å². The second-order valence-electron chi connectivity index (χ2n) is 8.18. The monoisotopic (exact) mass is 535 g/mol. The summed E-state index contributed by atoms with van der Waals surface area (Å²) in [5, 5.41) is 2.94. The van der Waals surface area contributed by atoms with Gasteiger partial charge in [-0.1, -0.05) is 23.7 Å². The fourth-order valence-corrected chi connectivity index (χ4v) is 5.42. The number of nitrogens with zero attached hydrogens (tertiary/aromatic N) is 1. The number of hydrogen-bond donors (Lipinski definition) is 2. The number of aryl methyl sites for hydroxylation is 3. The Balaban J connectivity index is 1.74. The minimum absolute atomic E-state index is 0.0149. The maximum atomic E-state index is 12.7. The van der Waals surface area contributed by atoms with Gasteiger partial charge in [0.25, 0.3) is 10.0 Å². The Morgan fingerprint density at radius 2 is 1.43 bits per heavy atom. The van der Waals surface area contributed by atoms with Crippen LogP contribution in [0.3, 0.4) is 0 Å². The van der Waals surface area contributed by atoms with Crippen molar-refractivity contribution in [2.24, 2.45) is 0 Å². The second kappa shape index (κ2) is 10.3. The fraction of sp³-hybridized carbons (Fsp3) is 0.208. The van der Waals surface area contributed by atoms with Crippen LogP contribution in [0.2, 0.25) is 5.02 Å². The van der Waals surface area contributed by atoms with E-state index in [4.69, 9.17) is 11.6 Å². The highest BCUT2D eigenvalue weighted by molar-refractivity contribution is 7.92. The molecular weight excluding hydrogens is 510 g/mol. The minimum Gasteiger partial charge on any atom is -0.325 e. The summed E-state index contributed by atoms with van der Waals surface area (Å²) >= 11 is 6.02. The molecule has 11 heteroatoms. The van der Waals surface area contributed by atoms with Gasteiger partial charge in [0.15, 0.2) is 0 Å². The van der Waals surface area contributed by atoms with Crippen LogP contribution in [0.4, 0.5) is 17.1 Å². The fourth-order valence-electron chi connectivity index (χ4n) is 3.30. The highest BCUT2D eigenvalue weighted by atomic mass is 35.5. The van der Waals surface area contributed by atoms with Crippen LogP contribution in [0.25, 0.3) is 0 Å². The number of anilines is 3. The van der Waals surface area contributed by atoms with Gasteiger partial charge in [-0.25, -0.2) is 16.8 Å². The van der Waals surface area contributed by atoms with Crippen LogP contribution in [-0.2, 0) is 24.8 Å². The molecule has 0 aliphatic rings. The van der Waals surface area contributed by atoms with Crippen molar-refractivity contribution in [2.45, 2.75) is 25.7 Å². The van der Waals surface area contributed by atoms with Crippen LogP contribution >= 0.6 is 11.6 Å². The molecule has 3 aromatic rings. The van der Waals surface area contributed by atoms with Gasteiger partial charge in [-0.15, -0.1) is 0 Å². The van der Waals surface area contributed by atoms with Gasteiger partial charge in [-0.3, -0.25) is 13.8 Å². The summed E-state index contributed by atoms with van der Waals surface area (Å²) in [5.41, 5.74) is 3.71. The number of nitrogens with one attached hydrogen (secondary N) is 2. The van der Waals surface area contributed by atoms with Crippen molar-refractivity contribution < 1.29 is 21.6 Å². The predicted octanol–water partition coefficient (Wildman–Crippen LogP) is 4.47. The van der Waals surface area contributed by atoms with E-state index in [-0.39, 0.29) is 4.90 Å². The minimum atomic E-state index is -3.83. The van der Waals surface area contributed by atoms with Gasteiger partial charge < -0.3 is 5.32 Å². The molecule has 8 nitrogen and oxygen atoms in total. The van der Waals surface area contributed by atoms with Crippen LogP contribution in [-0.4, -0.2) is 35.5 Å². The lowest BCUT2D eigenvalue weighted by Gasteiger charge is -2.24. The van der Waals surface area contributed by atoms with Gasteiger partial charge >= 0.3 is 0 Å². The zero-order valence-electron chi connectivity index (χ0n) is 19.7. The molecule has 0 heterocycles. The Hall–Kier alpha value is -3.08. The SMILES string of the molecule is Cc1ccc(NS(=O)(=O)c2ccc(NC(=O)CN(c3cc(Cl)ccc3C)S(C)(=O)=O)cc2)cc1C. The van der Waals surface area contributed by atoms with Crippen LogP contribution in [0.15, 0.2) is 65.6 Å². The van der Waals surface area contributed by atoms with E-state index in [0.717, 1.165) is 21.7 Å². The number of carbonyl (C=O) groups excluding carboxylic acids is 1. The van der Waals surface area contributed by atoms with E-state index >= 15 is 0 Å². The maximum absolute atomic E-state index is 12.7. The van der Waals surface area contributed by atoms with Crippen molar-refractivity contribution in [3.05, 3.63) is 82.4 Å². The van der Waals surface area contributed by atoms with Crippen LogP contribution in [0.1, 0.15) is 16.7 Å². The van der Waals surface area contributed by atoms with Gasteiger partial charge in [0, 0.05) is 16.4 Å². The topological polar surface area (TPSA) is 113 Å². The van der Waals surface area contributed by atoms with Gasteiger partial charge in [0.1, 0.15) is 6.54 Å². The Bertz CT molecular complexity index is 1470. The molecule has 0 bridgehead atoms. The number of sulfonamides is 2. The molecule has 0 fully saturated rings. The zero-order chi connectivity index (χ0) is 26.0. The Morgan fingerprint density at radius 3 is 2.03 bits per heavy atom. The lowest BCUT2D eigenvalue weighted by molar-refractivity contribution is -0.114. The highest BCUT2D eigenvalue weighted by Gasteiger charge is 2.23. The summed E-state index contributed by atoms with van der Waals surface area (Å²) in [7, 11) is -7.61. The molecule has 0 radical (unpaired) electrons. The summed E-state index contributed by atoms with van der Waals surface area (Å²) < 4.78 is 53.7. The van der Waals surface area contributed by atoms with E-state index in [0.29, 0.717) is 27.6 Å². The largest absolute Gasteiger partial charge is 0.325 e. The Morgan fingerprint density at radius 1 is 0.829 bits per heavy atom. The van der Waals surface area contributed by atoms with Crippen molar-refractivity contribution >= 4 is 54.6 Å². The molecule has 0 spiro atoms. The van der Waals surface area contributed by atoms with E-state index in [2.05, 4.69) is 10.0 Å². The first kappa shape index (κ1) is 26.5. The summed E-state index contributed by atoms with van der Waals surface area (Å²) in [6.45, 7) is 5.07. The van der Waals surface area contributed by atoms with Crippen molar-refractivity contribution in [1.82, 2.24) is 0 Å². The molecule has 2 N–H and O–H groups in total. The molecular formula is C24H26ClN3O5S2. The predicted molar refractivity (Wildman–Crippen MR) is 140 cm³/mol. The van der Waals surface area contributed by atoms with E-state index in [9.17, 15) is 21.6 Å². The number of amides is 1. The summed E-state index contributed by atoms with van der Waals surface area (Å²) in [6.07, 6.45) is 1.00. The number of carbonyl (C=O) groups is 1. The van der Waals surface area contributed by atoms with Crippen LogP contribution < -0.4 is 14.3 Å². The van der Waals surface area contributed by atoms with E-state index in [1.807, 2.05) is 19.9 Å². The molecule has 0 aliphatic heterocycles. The van der Waals surface area contributed by atoms with E-state index < -0.39 is 32.5 Å². The first-order valence-electron chi connectivity index (χ1n) is 10.5. The zero-order valence-corrected chi connectivity index (χ0v) is 22.1. The van der Waals surface area contributed by atoms with Gasteiger partial charge in [-0.2, -0.15) is 0 Å². The van der Waals surface area contributed by atoms with Crippen molar-refractivity contribution in [2.75, 3.05) is 27.1 Å². The molecule has 0 unspecified atom stereocenters. The first-order valence-corrected chi connectivity index (χ1v) is 14.2. The molecule has 0 aliphatic carbocycles. The molecule has 0 saturated heterocycles. The Kier molecular flexibility index (Phi) is 7.78. The first-order chi connectivity index (χ1) is 16.3. The quantitative estimate of drug-likeness (QED) is 0.442. The van der Waals surface area contributed by atoms with Crippen molar-refractivity contribution in [3.63, 3.8) is 0 Å². The lowest BCUT2D eigenvalue weighted by Crippen LogP contribution is -2.37. The van der Waals surface area contributed by atoms with E-state index in [1.165, 1.54) is 30.3 Å². The highest BCUT2D eigenvalue weighted by Crippen LogP contribution is 2.26. The van der Waals surface area contributed by atoms with Gasteiger partial charge in [0.05, 0.1) is 16.8 Å². The van der Waals surface area contributed by atoms with Crippen molar-refractivity contribution in [3.8, 4) is 0 Å². The average Bonchev–Trinajstić information content (AvgIpc) is 2.76. The molecule has 0 atom stereocenters. The normalized spacial score (nSPS) is 11.7. The molecule has 35 heavy (non-hydrogen) atoms.